The van der Waals surface area contributed by atoms with Crippen LogP contribution in [0.4, 0.5) is 24.5 Å². The van der Waals surface area contributed by atoms with E-state index in [1.54, 1.807) is 6.07 Å². The second-order valence-corrected chi connectivity index (χ2v) is 5.89. The average molecular weight is 390 g/mol. The molecule has 0 fully saturated rings. The van der Waals surface area contributed by atoms with Gasteiger partial charge in [-0.05, 0) is 25.1 Å². The number of aryl methyl sites for hydroxylation is 1. The molecule has 144 valence electrons. The van der Waals surface area contributed by atoms with Gasteiger partial charge in [0.05, 0.1) is 21.7 Å². The Morgan fingerprint density at radius 1 is 1.11 bits per heavy atom. The number of nitrogens with one attached hydrogen (secondary N) is 1. The van der Waals surface area contributed by atoms with Gasteiger partial charge in [-0.25, -0.2) is 0 Å². The summed E-state index contributed by atoms with van der Waals surface area (Å²) < 4.78 is 44.7. The van der Waals surface area contributed by atoms with Crippen molar-refractivity contribution in [2.24, 2.45) is 0 Å². The molecular weight excluding hydrogens is 377 g/mol. The highest BCUT2D eigenvalue weighted by molar-refractivity contribution is 6.06. The topological polar surface area (TPSA) is 85.4 Å². The molecule has 0 aliphatic heterocycles. The summed E-state index contributed by atoms with van der Waals surface area (Å²) in [5, 5.41) is 13.1. The molecular formula is C19H13F3N2O4. The van der Waals surface area contributed by atoms with Crippen molar-refractivity contribution in [3.63, 3.8) is 0 Å². The van der Waals surface area contributed by atoms with Gasteiger partial charge in [0.2, 0.25) is 0 Å². The zero-order chi connectivity index (χ0) is 20.5. The lowest BCUT2D eigenvalue weighted by molar-refractivity contribution is -0.384. The number of carbonyl (C=O) groups is 1. The standard InChI is InChI=1S/C19H13F3N2O4/c1-11-14(10-17(28-11)12-5-4-6-13(9-12)24(26)27)18(25)23-16-8-3-2-7-15(16)19(20,21)22/h2-10H,1H3,(H,23,25). The molecule has 6 nitrogen and oxygen atoms in total. The number of nitrogens with zero attached hydrogens (tertiary/aromatic N) is 1. The van der Waals surface area contributed by atoms with E-state index < -0.39 is 22.6 Å². The molecule has 1 amide bonds. The molecule has 0 saturated carbocycles. The molecule has 1 N–H and O–H groups in total. The number of rotatable bonds is 4. The summed E-state index contributed by atoms with van der Waals surface area (Å²) >= 11 is 0. The number of nitro benzene ring substituents is 1. The van der Waals surface area contributed by atoms with Crippen LogP contribution in [0.1, 0.15) is 21.7 Å². The number of hydrogen-bond acceptors (Lipinski definition) is 4. The highest BCUT2D eigenvalue weighted by Crippen LogP contribution is 2.35. The number of benzene rings is 2. The average Bonchev–Trinajstić information content (AvgIpc) is 3.03. The van der Waals surface area contributed by atoms with E-state index in [1.807, 2.05) is 0 Å². The summed E-state index contributed by atoms with van der Waals surface area (Å²) in [6.07, 6.45) is -4.62. The van der Waals surface area contributed by atoms with Crippen LogP contribution in [0.5, 0.6) is 0 Å². The van der Waals surface area contributed by atoms with Crippen LogP contribution in [0.3, 0.4) is 0 Å². The number of anilines is 1. The summed E-state index contributed by atoms with van der Waals surface area (Å²) in [5.41, 5.74) is -1.11. The minimum Gasteiger partial charge on any atom is -0.461 e. The maximum absolute atomic E-state index is 13.1. The monoisotopic (exact) mass is 390 g/mol. The van der Waals surface area contributed by atoms with Gasteiger partial charge >= 0.3 is 6.18 Å². The van der Waals surface area contributed by atoms with Crippen molar-refractivity contribution < 1.29 is 27.3 Å². The van der Waals surface area contributed by atoms with Gasteiger partial charge in [-0.2, -0.15) is 13.2 Å². The number of amides is 1. The van der Waals surface area contributed by atoms with E-state index in [9.17, 15) is 28.1 Å². The molecule has 2 aromatic carbocycles. The van der Waals surface area contributed by atoms with E-state index in [-0.39, 0.29) is 28.5 Å². The molecule has 1 aromatic heterocycles. The molecule has 0 aliphatic carbocycles. The lowest BCUT2D eigenvalue weighted by atomic mass is 10.1. The smallest absolute Gasteiger partial charge is 0.418 e. The quantitative estimate of drug-likeness (QED) is 0.475. The number of furan rings is 1. The third-order valence-electron chi connectivity index (χ3n) is 3.98. The summed E-state index contributed by atoms with van der Waals surface area (Å²) in [4.78, 5) is 22.8. The second kappa shape index (κ2) is 7.18. The lowest BCUT2D eigenvalue weighted by Gasteiger charge is -2.13. The first-order valence-corrected chi connectivity index (χ1v) is 7.99. The maximum Gasteiger partial charge on any atom is 0.418 e. The first-order chi connectivity index (χ1) is 13.2. The molecule has 0 radical (unpaired) electrons. The van der Waals surface area contributed by atoms with Crippen LogP contribution in [0, 0.1) is 17.0 Å². The first kappa shape index (κ1) is 19.2. The molecule has 0 saturated heterocycles. The molecule has 0 aliphatic rings. The van der Waals surface area contributed by atoms with Crippen molar-refractivity contribution in [1.29, 1.82) is 0 Å². The molecule has 3 rings (SSSR count). The van der Waals surface area contributed by atoms with Gasteiger partial charge in [0.25, 0.3) is 11.6 Å². The van der Waals surface area contributed by atoms with Crippen molar-refractivity contribution in [2.45, 2.75) is 13.1 Å². The maximum atomic E-state index is 13.1. The number of para-hydroxylation sites is 1. The van der Waals surface area contributed by atoms with Crippen LogP contribution in [0.15, 0.2) is 59.0 Å². The SMILES string of the molecule is Cc1oc(-c2cccc([N+](=O)[O-])c2)cc1C(=O)Nc1ccccc1C(F)(F)F. The molecule has 0 atom stereocenters. The normalized spacial score (nSPS) is 11.3. The first-order valence-electron chi connectivity index (χ1n) is 7.99. The predicted molar refractivity (Wildman–Crippen MR) is 94.9 cm³/mol. The van der Waals surface area contributed by atoms with E-state index >= 15 is 0 Å². The fourth-order valence-corrected chi connectivity index (χ4v) is 2.65. The van der Waals surface area contributed by atoms with E-state index in [0.29, 0.717) is 5.56 Å². The van der Waals surface area contributed by atoms with Crippen molar-refractivity contribution in [1.82, 2.24) is 0 Å². The molecule has 9 heteroatoms. The fourth-order valence-electron chi connectivity index (χ4n) is 2.65. The van der Waals surface area contributed by atoms with Crippen LogP contribution in [-0.4, -0.2) is 10.8 Å². The summed E-state index contributed by atoms with van der Waals surface area (Å²) in [5.74, 6) is -0.423. The van der Waals surface area contributed by atoms with E-state index in [2.05, 4.69) is 5.32 Å². The van der Waals surface area contributed by atoms with Gasteiger partial charge in [-0.3, -0.25) is 14.9 Å². The van der Waals surface area contributed by atoms with Gasteiger partial charge in [0.15, 0.2) is 0 Å². The molecule has 0 spiro atoms. The molecule has 0 unspecified atom stereocenters. The Labute approximate surface area is 156 Å². The highest BCUT2D eigenvalue weighted by atomic mass is 19.4. The minimum absolute atomic E-state index is 0.0264. The summed E-state index contributed by atoms with van der Waals surface area (Å²) in [6, 6.07) is 11.6. The summed E-state index contributed by atoms with van der Waals surface area (Å²) in [6.45, 7) is 1.48. The van der Waals surface area contributed by atoms with Gasteiger partial charge in [0.1, 0.15) is 11.5 Å². The largest absolute Gasteiger partial charge is 0.461 e. The highest BCUT2D eigenvalue weighted by Gasteiger charge is 2.33. The Morgan fingerprint density at radius 2 is 1.82 bits per heavy atom. The molecule has 28 heavy (non-hydrogen) atoms. The number of nitro groups is 1. The van der Waals surface area contributed by atoms with Gasteiger partial charge in [0, 0.05) is 17.7 Å². The fraction of sp³-hybridized carbons (Fsp3) is 0.105. The van der Waals surface area contributed by atoms with Gasteiger partial charge in [-0.1, -0.05) is 24.3 Å². The number of halogens is 3. The Bertz CT molecular complexity index is 1060. The van der Waals surface area contributed by atoms with Crippen LogP contribution in [0.2, 0.25) is 0 Å². The number of hydrogen-bond donors (Lipinski definition) is 1. The van der Waals surface area contributed by atoms with E-state index in [1.165, 1.54) is 43.3 Å². The third kappa shape index (κ3) is 3.88. The predicted octanol–water partition coefficient (Wildman–Crippen LogP) is 5.43. The van der Waals surface area contributed by atoms with Crippen LogP contribution >= 0.6 is 0 Å². The Hall–Kier alpha value is -3.62. The number of carbonyl (C=O) groups excluding carboxylic acids is 1. The lowest BCUT2D eigenvalue weighted by Crippen LogP contribution is -2.16. The van der Waals surface area contributed by atoms with Crippen molar-refractivity contribution >= 4 is 17.3 Å². The van der Waals surface area contributed by atoms with Crippen LogP contribution < -0.4 is 5.32 Å². The Balaban J connectivity index is 1.91. The van der Waals surface area contributed by atoms with E-state index in [4.69, 9.17) is 4.42 Å². The van der Waals surface area contributed by atoms with Crippen LogP contribution in [0.25, 0.3) is 11.3 Å². The van der Waals surface area contributed by atoms with E-state index in [0.717, 1.165) is 12.1 Å². The number of alkyl halides is 3. The van der Waals surface area contributed by atoms with Crippen molar-refractivity contribution in [3.05, 3.63) is 81.6 Å². The third-order valence-corrected chi connectivity index (χ3v) is 3.98. The zero-order valence-electron chi connectivity index (χ0n) is 14.4. The second-order valence-electron chi connectivity index (χ2n) is 5.89. The van der Waals surface area contributed by atoms with Crippen molar-refractivity contribution in [2.75, 3.05) is 5.32 Å². The van der Waals surface area contributed by atoms with Gasteiger partial charge < -0.3 is 9.73 Å². The Morgan fingerprint density at radius 3 is 2.50 bits per heavy atom. The summed E-state index contributed by atoms with van der Waals surface area (Å²) in [7, 11) is 0. The van der Waals surface area contributed by atoms with Crippen molar-refractivity contribution in [3.8, 4) is 11.3 Å². The van der Waals surface area contributed by atoms with Crippen LogP contribution in [-0.2, 0) is 6.18 Å². The molecule has 3 aromatic rings. The molecule has 1 heterocycles. The Kier molecular flexibility index (Phi) is 4.91. The van der Waals surface area contributed by atoms with Gasteiger partial charge in [-0.15, -0.1) is 0 Å². The zero-order valence-corrected chi connectivity index (χ0v) is 14.4. The molecule has 0 bridgehead atoms. The number of non-ortho nitro benzene ring substituents is 1. The minimum atomic E-state index is -4.62.